The Labute approximate surface area is 202 Å². The molecule has 0 saturated heterocycles. The van der Waals surface area contributed by atoms with Crippen molar-refractivity contribution >= 4 is 57.3 Å². The highest BCUT2D eigenvalue weighted by Crippen LogP contribution is 2.31. The van der Waals surface area contributed by atoms with Crippen molar-refractivity contribution in [2.24, 2.45) is 0 Å². The molecule has 0 saturated carbocycles. The van der Waals surface area contributed by atoms with Gasteiger partial charge in [0.2, 0.25) is 11.8 Å². The molecular formula is C21H16Cl2N4O3S2. The van der Waals surface area contributed by atoms with Crippen molar-refractivity contribution in [2.45, 2.75) is 17.4 Å². The fourth-order valence-electron chi connectivity index (χ4n) is 2.64. The Morgan fingerprint density at radius 1 is 1.12 bits per heavy atom. The maximum Gasteiger partial charge on any atom is 0.277 e. The molecule has 0 unspecified atom stereocenters. The van der Waals surface area contributed by atoms with Crippen LogP contribution in [0.25, 0.3) is 22.7 Å². The zero-order valence-electron chi connectivity index (χ0n) is 16.8. The van der Waals surface area contributed by atoms with Crippen LogP contribution in [0.3, 0.4) is 0 Å². The lowest BCUT2D eigenvalue weighted by molar-refractivity contribution is -0.115. The van der Waals surface area contributed by atoms with E-state index in [4.69, 9.17) is 32.4 Å². The number of carbonyl (C=O) groups is 1. The third-order valence-corrected chi connectivity index (χ3v) is 6.77. The van der Waals surface area contributed by atoms with Crippen LogP contribution in [0.4, 0.5) is 5.13 Å². The van der Waals surface area contributed by atoms with Gasteiger partial charge < -0.3 is 14.5 Å². The SMILES string of the molecule is COc1ccc(-c2nnc(S[C@H](C)C(=O)Nc3nc(-c4ccc(Cl)c(Cl)c4)cs3)o2)cc1. The summed E-state index contributed by atoms with van der Waals surface area (Å²) in [5.41, 5.74) is 2.28. The van der Waals surface area contributed by atoms with Gasteiger partial charge in [0.05, 0.1) is 28.1 Å². The molecule has 32 heavy (non-hydrogen) atoms. The van der Waals surface area contributed by atoms with E-state index >= 15 is 0 Å². The molecule has 0 aliphatic rings. The van der Waals surface area contributed by atoms with E-state index in [0.717, 1.165) is 16.9 Å². The number of hydrogen-bond acceptors (Lipinski definition) is 8. The average molecular weight is 507 g/mol. The van der Waals surface area contributed by atoms with Gasteiger partial charge in [-0.15, -0.1) is 21.5 Å². The molecule has 7 nitrogen and oxygen atoms in total. The molecule has 0 fully saturated rings. The molecule has 4 aromatic rings. The highest BCUT2D eigenvalue weighted by molar-refractivity contribution is 8.00. The van der Waals surface area contributed by atoms with Crippen LogP contribution in [0.15, 0.2) is 57.5 Å². The van der Waals surface area contributed by atoms with E-state index in [1.54, 1.807) is 26.2 Å². The van der Waals surface area contributed by atoms with Gasteiger partial charge >= 0.3 is 0 Å². The van der Waals surface area contributed by atoms with Gasteiger partial charge in [-0.3, -0.25) is 4.79 Å². The minimum absolute atomic E-state index is 0.228. The lowest BCUT2D eigenvalue weighted by Gasteiger charge is -2.07. The molecule has 0 aliphatic carbocycles. The van der Waals surface area contributed by atoms with E-state index in [9.17, 15) is 4.79 Å². The van der Waals surface area contributed by atoms with Crippen molar-refractivity contribution in [3.05, 3.63) is 57.9 Å². The Bertz CT molecular complexity index is 1240. The molecule has 0 radical (unpaired) electrons. The van der Waals surface area contributed by atoms with Gasteiger partial charge in [-0.25, -0.2) is 4.98 Å². The van der Waals surface area contributed by atoms with E-state index in [1.165, 1.54) is 23.1 Å². The zero-order valence-corrected chi connectivity index (χ0v) is 20.0. The number of carbonyl (C=O) groups excluding carboxylic acids is 1. The Hall–Kier alpha value is -2.59. The number of rotatable bonds is 7. The summed E-state index contributed by atoms with van der Waals surface area (Å²) >= 11 is 14.5. The van der Waals surface area contributed by atoms with Crippen molar-refractivity contribution < 1.29 is 13.9 Å². The second kappa shape index (κ2) is 9.91. The zero-order chi connectivity index (χ0) is 22.7. The van der Waals surface area contributed by atoms with Crippen LogP contribution in [0.2, 0.25) is 10.0 Å². The number of amides is 1. The van der Waals surface area contributed by atoms with Gasteiger partial charge in [0.1, 0.15) is 5.75 Å². The fraction of sp³-hybridized carbons (Fsp3) is 0.143. The number of hydrogen-bond donors (Lipinski definition) is 1. The highest BCUT2D eigenvalue weighted by Gasteiger charge is 2.20. The molecule has 1 atom stereocenters. The molecule has 1 N–H and O–H groups in total. The van der Waals surface area contributed by atoms with Crippen molar-refractivity contribution in [3.63, 3.8) is 0 Å². The summed E-state index contributed by atoms with van der Waals surface area (Å²) in [4.78, 5) is 17.1. The summed E-state index contributed by atoms with van der Waals surface area (Å²) in [5, 5.41) is 13.9. The average Bonchev–Trinajstić information content (AvgIpc) is 3.45. The number of ether oxygens (including phenoxy) is 1. The largest absolute Gasteiger partial charge is 0.497 e. The Morgan fingerprint density at radius 2 is 1.88 bits per heavy atom. The summed E-state index contributed by atoms with van der Waals surface area (Å²) in [6.45, 7) is 1.75. The van der Waals surface area contributed by atoms with E-state index in [1.807, 2.05) is 35.7 Å². The number of nitrogens with zero attached hydrogens (tertiary/aromatic N) is 3. The van der Waals surface area contributed by atoms with Gasteiger partial charge in [-0.1, -0.05) is 41.0 Å². The first kappa shape index (κ1) is 22.6. The number of anilines is 1. The van der Waals surface area contributed by atoms with Crippen LogP contribution in [-0.2, 0) is 4.79 Å². The summed E-state index contributed by atoms with van der Waals surface area (Å²) < 4.78 is 10.8. The molecule has 4 rings (SSSR count). The van der Waals surface area contributed by atoms with E-state index in [-0.39, 0.29) is 5.91 Å². The summed E-state index contributed by atoms with van der Waals surface area (Å²) in [5.74, 6) is 0.876. The standard InChI is InChI=1S/C21H16Cl2N4O3S2/c1-11(32-21-27-26-19(30-21)12-3-6-14(29-2)7-4-12)18(28)25-20-24-17(10-31-20)13-5-8-15(22)16(23)9-13/h3-11H,1-2H3,(H,24,25,28)/t11-/m1/s1. The lowest BCUT2D eigenvalue weighted by Crippen LogP contribution is -2.22. The lowest BCUT2D eigenvalue weighted by atomic mass is 10.2. The minimum atomic E-state index is -0.475. The van der Waals surface area contributed by atoms with Gasteiger partial charge in [0.15, 0.2) is 5.13 Å². The Morgan fingerprint density at radius 3 is 2.59 bits per heavy atom. The van der Waals surface area contributed by atoms with Crippen molar-refractivity contribution in [1.82, 2.24) is 15.2 Å². The monoisotopic (exact) mass is 506 g/mol. The van der Waals surface area contributed by atoms with E-state index in [2.05, 4.69) is 20.5 Å². The van der Waals surface area contributed by atoms with E-state index in [0.29, 0.717) is 32.0 Å². The minimum Gasteiger partial charge on any atom is -0.497 e. The molecule has 1 amide bonds. The number of aromatic nitrogens is 3. The topological polar surface area (TPSA) is 90.1 Å². The van der Waals surface area contributed by atoms with Gasteiger partial charge in [0.25, 0.3) is 5.22 Å². The quantitative estimate of drug-likeness (QED) is 0.294. The van der Waals surface area contributed by atoms with Crippen LogP contribution in [0.1, 0.15) is 6.92 Å². The number of thiazole rings is 1. The maximum atomic E-state index is 12.6. The number of halogens is 2. The Balaban J connectivity index is 1.38. The molecule has 164 valence electrons. The van der Waals surface area contributed by atoms with Gasteiger partial charge in [0, 0.05) is 16.5 Å². The second-order valence-electron chi connectivity index (χ2n) is 6.52. The summed E-state index contributed by atoms with van der Waals surface area (Å²) in [6, 6.07) is 12.5. The molecule has 2 heterocycles. The predicted molar refractivity (Wildman–Crippen MR) is 128 cm³/mol. The summed E-state index contributed by atoms with van der Waals surface area (Å²) in [6.07, 6.45) is 0. The number of thioether (sulfide) groups is 1. The van der Waals surface area contributed by atoms with Crippen molar-refractivity contribution in [2.75, 3.05) is 12.4 Å². The smallest absolute Gasteiger partial charge is 0.277 e. The number of nitrogens with one attached hydrogen (secondary N) is 1. The Kier molecular flexibility index (Phi) is 7.00. The molecule has 0 bridgehead atoms. The molecule has 0 spiro atoms. The van der Waals surface area contributed by atoms with Crippen molar-refractivity contribution in [3.8, 4) is 28.5 Å². The second-order valence-corrected chi connectivity index (χ2v) is 9.48. The van der Waals surface area contributed by atoms with Crippen LogP contribution >= 0.6 is 46.3 Å². The van der Waals surface area contributed by atoms with Crippen LogP contribution in [0, 0.1) is 0 Å². The number of benzene rings is 2. The third kappa shape index (κ3) is 5.24. The third-order valence-electron chi connectivity index (χ3n) is 4.34. The fourth-order valence-corrected chi connectivity index (χ4v) is 4.34. The maximum absolute atomic E-state index is 12.6. The molecule has 11 heteroatoms. The van der Waals surface area contributed by atoms with Crippen LogP contribution in [-0.4, -0.2) is 33.4 Å². The predicted octanol–water partition coefficient (Wildman–Crippen LogP) is 6.29. The molecule has 0 aliphatic heterocycles. The molecule has 2 aromatic heterocycles. The number of methoxy groups -OCH3 is 1. The van der Waals surface area contributed by atoms with E-state index < -0.39 is 5.25 Å². The first-order valence-corrected chi connectivity index (χ1v) is 11.8. The first-order valence-electron chi connectivity index (χ1n) is 9.29. The molecule has 2 aromatic carbocycles. The van der Waals surface area contributed by atoms with Crippen LogP contribution < -0.4 is 10.1 Å². The summed E-state index contributed by atoms with van der Waals surface area (Å²) in [7, 11) is 1.60. The van der Waals surface area contributed by atoms with Gasteiger partial charge in [-0.2, -0.15) is 0 Å². The normalized spacial score (nSPS) is 11.9. The molecular weight excluding hydrogens is 491 g/mol. The van der Waals surface area contributed by atoms with Crippen molar-refractivity contribution in [1.29, 1.82) is 0 Å². The first-order chi connectivity index (χ1) is 15.4. The van der Waals surface area contributed by atoms with Crippen LogP contribution in [0.5, 0.6) is 5.75 Å². The van der Waals surface area contributed by atoms with Gasteiger partial charge in [-0.05, 0) is 43.3 Å². The highest BCUT2D eigenvalue weighted by atomic mass is 35.5.